The summed E-state index contributed by atoms with van der Waals surface area (Å²) < 4.78 is 31.3. The van der Waals surface area contributed by atoms with E-state index in [2.05, 4.69) is 4.74 Å². The number of esters is 1. The van der Waals surface area contributed by atoms with Gasteiger partial charge in [0.25, 0.3) is 0 Å². The van der Waals surface area contributed by atoms with Crippen LogP contribution in [-0.4, -0.2) is 41.0 Å². The Hall–Kier alpha value is -0.880. The lowest BCUT2D eigenvalue weighted by Gasteiger charge is -1.97. The Balaban J connectivity index is 4.07. The molecule has 0 aromatic carbocycles. The van der Waals surface area contributed by atoms with Crippen molar-refractivity contribution in [2.24, 2.45) is 0 Å². The van der Waals surface area contributed by atoms with Gasteiger partial charge in [-0.3, -0.25) is 0 Å². The molecule has 6 heteroatoms. The normalized spacial score (nSPS) is 11.9. The molecule has 0 aliphatic heterocycles. The molecule has 0 rings (SSSR count). The van der Waals surface area contributed by atoms with E-state index in [-0.39, 0.29) is 5.75 Å². The Morgan fingerprint density at radius 1 is 1.36 bits per heavy atom. The van der Waals surface area contributed by atoms with Gasteiger partial charge in [0, 0.05) is 25.2 Å². The molecule has 0 heterocycles. The molecule has 0 unspecified atom stereocenters. The molecule has 0 atom stereocenters. The number of hydrogen-bond acceptors (Lipinski definition) is 5. The van der Waals surface area contributed by atoms with Crippen LogP contribution < -0.4 is 0 Å². The fraction of sp³-hybridized carbons (Fsp3) is 0.625. The van der Waals surface area contributed by atoms with Crippen molar-refractivity contribution >= 4 is 15.8 Å². The minimum Gasteiger partial charge on any atom is -0.466 e. The molecular weight excluding hydrogens is 208 g/mol. The number of rotatable bonds is 6. The highest BCUT2D eigenvalue weighted by molar-refractivity contribution is 7.94. The highest BCUT2D eigenvalue weighted by Gasteiger charge is 2.06. The van der Waals surface area contributed by atoms with Crippen LogP contribution in [0.2, 0.25) is 0 Å². The lowest BCUT2D eigenvalue weighted by Crippen LogP contribution is -2.06. The Labute approximate surface area is 83.6 Å². The van der Waals surface area contributed by atoms with E-state index in [9.17, 15) is 13.2 Å². The molecule has 0 amide bonds. The third-order valence-corrected chi connectivity index (χ3v) is 2.80. The lowest BCUT2D eigenvalue weighted by atomic mass is 10.5. The van der Waals surface area contributed by atoms with E-state index in [0.717, 1.165) is 11.5 Å². The molecule has 0 saturated carbocycles. The van der Waals surface area contributed by atoms with Crippen molar-refractivity contribution in [2.75, 3.05) is 26.6 Å². The molecule has 0 fully saturated rings. The highest BCUT2D eigenvalue weighted by Crippen LogP contribution is 1.96. The summed E-state index contributed by atoms with van der Waals surface area (Å²) in [5, 5.41) is 0.856. The Morgan fingerprint density at radius 3 is 2.50 bits per heavy atom. The minimum absolute atomic E-state index is 0.0334. The second kappa shape index (κ2) is 6.56. The molecule has 14 heavy (non-hydrogen) atoms. The van der Waals surface area contributed by atoms with Crippen molar-refractivity contribution < 1.29 is 22.7 Å². The van der Waals surface area contributed by atoms with Gasteiger partial charge < -0.3 is 9.47 Å². The smallest absolute Gasteiger partial charge is 0.331 e. The summed E-state index contributed by atoms with van der Waals surface area (Å²) in [4.78, 5) is 10.6. The lowest BCUT2D eigenvalue weighted by molar-refractivity contribution is -0.134. The van der Waals surface area contributed by atoms with Gasteiger partial charge in [0.05, 0.1) is 12.9 Å². The van der Waals surface area contributed by atoms with E-state index in [4.69, 9.17) is 4.74 Å². The second-order valence-corrected chi connectivity index (χ2v) is 4.55. The van der Waals surface area contributed by atoms with Crippen LogP contribution in [-0.2, 0) is 24.1 Å². The molecule has 0 aliphatic carbocycles. The molecular formula is C8H14O5S. The van der Waals surface area contributed by atoms with Crippen molar-refractivity contribution in [3.05, 3.63) is 11.5 Å². The predicted molar refractivity (Wildman–Crippen MR) is 51.4 cm³/mol. The molecule has 5 nitrogen and oxygen atoms in total. The quantitative estimate of drug-likeness (QED) is 0.363. The van der Waals surface area contributed by atoms with Crippen molar-refractivity contribution in [3.8, 4) is 0 Å². The van der Waals surface area contributed by atoms with Crippen molar-refractivity contribution in [1.82, 2.24) is 0 Å². The molecule has 0 N–H and O–H groups in total. The zero-order chi connectivity index (χ0) is 11.0. The first-order chi connectivity index (χ1) is 6.52. The van der Waals surface area contributed by atoms with E-state index in [0.29, 0.717) is 13.0 Å². The van der Waals surface area contributed by atoms with Crippen LogP contribution in [0.5, 0.6) is 0 Å². The zero-order valence-electron chi connectivity index (χ0n) is 8.23. The van der Waals surface area contributed by atoms with Crippen molar-refractivity contribution in [3.63, 3.8) is 0 Å². The predicted octanol–water partition coefficient (Wildman–Crippen LogP) is 0.124. The number of sulfone groups is 1. The summed E-state index contributed by atoms with van der Waals surface area (Å²) in [5.41, 5.74) is 0. The maximum absolute atomic E-state index is 11.2. The number of carbonyl (C=O) groups is 1. The molecule has 0 bridgehead atoms. The van der Waals surface area contributed by atoms with Gasteiger partial charge in [0.2, 0.25) is 0 Å². The first-order valence-corrected chi connectivity index (χ1v) is 5.71. The van der Waals surface area contributed by atoms with Gasteiger partial charge in [0.1, 0.15) is 0 Å². The summed E-state index contributed by atoms with van der Waals surface area (Å²) in [6.45, 7) is 0.380. The van der Waals surface area contributed by atoms with Crippen LogP contribution in [0.1, 0.15) is 6.42 Å². The van der Waals surface area contributed by atoms with Crippen LogP contribution in [0, 0.1) is 0 Å². The molecule has 0 spiro atoms. The standard InChI is InChI=1S/C8H14O5S/c1-12-5-3-6-14(10,11)7-4-8(9)13-2/h4,7H,3,5-6H2,1-2H3/b7-4+. The highest BCUT2D eigenvalue weighted by atomic mass is 32.2. The monoisotopic (exact) mass is 222 g/mol. The minimum atomic E-state index is -3.32. The second-order valence-electron chi connectivity index (χ2n) is 2.54. The van der Waals surface area contributed by atoms with Crippen LogP contribution in [0.4, 0.5) is 0 Å². The van der Waals surface area contributed by atoms with E-state index >= 15 is 0 Å². The molecule has 0 aliphatic rings. The van der Waals surface area contributed by atoms with Gasteiger partial charge in [-0.25, -0.2) is 13.2 Å². The van der Waals surface area contributed by atoms with Crippen LogP contribution in [0.25, 0.3) is 0 Å². The first kappa shape index (κ1) is 13.1. The zero-order valence-corrected chi connectivity index (χ0v) is 9.04. The summed E-state index contributed by atoms with van der Waals surface area (Å²) >= 11 is 0. The molecule has 0 aromatic heterocycles. The van der Waals surface area contributed by atoms with Gasteiger partial charge >= 0.3 is 5.97 Å². The maximum Gasteiger partial charge on any atom is 0.331 e. The molecule has 0 radical (unpaired) electrons. The Morgan fingerprint density at radius 2 is 2.00 bits per heavy atom. The van der Waals surface area contributed by atoms with Crippen molar-refractivity contribution in [1.29, 1.82) is 0 Å². The fourth-order valence-corrected chi connectivity index (χ4v) is 1.67. The van der Waals surface area contributed by atoms with Gasteiger partial charge in [-0.1, -0.05) is 0 Å². The SMILES string of the molecule is COCCCS(=O)(=O)/C=C/C(=O)OC. The third kappa shape index (κ3) is 6.62. The molecule has 0 aromatic rings. The van der Waals surface area contributed by atoms with Crippen molar-refractivity contribution in [2.45, 2.75) is 6.42 Å². The average molecular weight is 222 g/mol. The summed E-state index contributed by atoms with van der Waals surface area (Å²) in [6.07, 6.45) is 1.30. The van der Waals surface area contributed by atoms with Crippen LogP contribution in [0.15, 0.2) is 11.5 Å². The fourth-order valence-electron chi connectivity index (χ4n) is 0.700. The van der Waals surface area contributed by atoms with Gasteiger partial charge in [-0.15, -0.1) is 0 Å². The first-order valence-electron chi connectivity index (χ1n) is 3.99. The average Bonchev–Trinajstić information content (AvgIpc) is 2.14. The van der Waals surface area contributed by atoms with Gasteiger partial charge in [0.15, 0.2) is 9.84 Å². The summed E-state index contributed by atoms with van der Waals surface area (Å²) in [7, 11) is -0.639. The van der Waals surface area contributed by atoms with Crippen LogP contribution in [0.3, 0.4) is 0 Å². The van der Waals surface area contributed by atoms with Crippen LogP contribution >= 0.6 is 0 Å². The Kier molecular flexibility index (Phi) is 6.14. The number of carbonyl (C=O) groups excluding carboxylic acids is 1. The topological polar surface area (TPSA) is 69.7 Å². The largest absolute Gasteiger partial charge is 0.466 e. The third-order valence-electron chi connectivity index (χ3n) is 1.39. The van der Waals surface area contributed by atoms with E-state index < -0.39 is 15.8 Å². The van der Waals surface area contributed by atoms with E-state index in [1.165, 1.54) is 14.2 Å². The van der Waals surface area contributed by atoms with E-state index in [1.54, 1.807) is 0 Å². The molecule has 82 valence electrons. The number of hydrogen-bond donors (Lipinski definition) is 0. The van der Waals surface area contributed by atoms with Gasteiger partial charge in [-0.05, 0) is 6.42 Å². The van der Waals surface area contributed by atoms with E-state index in [1.807, 2.05) is 0 Å². The maximum atomic E-state index is 11.2. The summed E-state index contributed by atoms with van der Waals surface area (Å²) in [5.74, 6) is -0.714. The Bertz CT molecular complexity index is 291. The number of ether oxygens (including phenoxy) is 2. The van der Waals surface area contributed by atoms with Gasteiger partial charge in [-0.2, -0.15) is 0 Å². The summed E-state index contributed by atoms with van der Waals surface area (Å²) in [6, 6.07) is 0. The number of methoxy groups -OCH3 is 2. The molecule has 0 saturated heterocycles.